The highest BCUT2D eigenvalue weighted by molar-refractivity contribution is 6.34. The lowest BCUT2D eigenvalue weighted by atomic mass is 9.97. The van der Waals surface area contributed by atoms with E-state index in [1.807, 2.05) is 0 Å². The van der Waals surface area contributed by atoms with E-state index in [1.165, 1.54) is 6.20 Å². The first-order valence-corrected chi connectivity index (χ1v) is 2.78. The van der Waals surface area contributed by atoms with Gasteiger partial charge in [0.15, 0.2) is 7.85 Å². The zero-order chi connectivity index (χ0) is 7.56. The van der Waals surface area contributed by atoms with Gasteiger partial charge in [-0.25, -0.2) is 0 Å². The summed E-state index contributed by atoms with van der Waals surface area (Å²) in [6.45, 7) is 0. The molecule has 1 rings (SSSR count). The van der Waals surface area contributed by atoms with Crippen LogP contribution in [0.3, 0.4) is 0 Å². The Hall–Kier alpha value is -1.39. The third-order valence-electron chi connectivity index (χ3n) is 1.15. The number of hydrogen-bond acceptors (Lipinski definition) is 3. The molecular weight excluding hydrogens is 131 g/mol. The van der Waals surface area contributed by atoms with Crippen LogP contribution in [0, 0.1) is 10.1 Å². The highest BCUT2D eigenvalue weighted by Crippen LogP contribution is 1.97. The molecule has 0 aliphatic carbocycles. The van der Waals surface area contributed by atoms with Crippen molar-refractivity contribution in [2.75, 3.05) is 0 Å². The van der Waals surface area contributed by atoms with E-state index in [-0.39, 0.29) is 5.82 Å². The number of nitro groups is 1. The third-order valence-corrected chi connectivity index (χ3v) is 1.15. The van der Waals surface area contributed by atoms with Crippen LogP contribution in [0.1, 0.15) is 0 Å². The monoisotopic (exact) mass is 136 g/mol. The topological polar surface area (TPSA) is 56.0 Å². The Balaban J connectivity index is 3.15. The first kappa shape index (κ1) is 6.73. The summed E-state index contributed by atoms with van der Waals surface area (Å²) in [6.07, 6.45) is 1.41. The molecule has 0 fully saturated rings. The van der Waals surface area contributed by atoms with Crippen molar-refractivity contribution in [3.63, 3.8) is 0 Å². The van der Waals surface area contributed by atoms with Crippen LogP contribution in [0.2, 0.25) is 0 Å². The first-order valence-electron chi connectivity index (χ1n) is 2.78. The Kier molecular flexibility index (Phi) is 1.66. The van der Waals surface area contributed by atoms with Crippen LogP contribution < -0.4 is 5.46 Å². The Morgan fingerprint density at radius 1 is 1.70 bits per heavy atom. The van der Waals surface area contributed by atoms with Gasteiger partial charge in [0.25, 0.3) is 0 Å². The van der Waals surface area contributed by atoms with Crippen LogP contribution in [0.25, 0.3) is 0 Å². The second-order valence-electron chi connectivity index (χ2n) is 1.90. The minimum Gasteiger partial charge on any atom is -0.358 e. The fraction of sp³-hybridized carbons (Fsp3) is 0. The summed E-state index contributed by atoms with van der Waals surface area (Å²) in [4.78, 5) is 13.3. The predicted octanol–water partition coefficient (Wildman–Crippen LogP) is -0.752. The summed E-state index contributed by atoms with van der Waals surface area (Å²) >= 11 is 0. The second kappa shape index (κ2) is 2.47. The zero-order valence-electron chi connectivity index (χ0n) is 5.44. The highest BCUT2D eigenvalue weighted by atomic mass is 16.6. The SMILES string of the molecule is Bc1cccnc1[N+](=O)[O-]. The third kappa shape index (κ3) is 1.13. The van der Waals surface area contributed by atoms with Gasteiger partial charge in [-0.05, 0) is 16.0 Å². The van der Waals surface area contributed by atoms with E-state index in [0.717, 1.165) is 0 Å². The minimum absolute atomic E-state index is 0.0671. The minimum atomic E-state index is -0.491. The molecule has 0 aliphatic rings. The molecule has 50 valence electrons. The van der Waals surface area contributed by atoms with Crippen molar-refractivity contribution in [3.05, 3.63) is 28.4 Å². The Morgan fingerprint density at radius 2 is 2.40 bits per heavy atom. The van der Waals surface area contributed by atoms with Crippen LogP contribution >= 0.6 is 0 Å². The molecule has 0 bridgehead atoms. The fourth-order valence-corrected chi connectivity index (χ4v) is 0.668. The van der Waals surface area contributed by atoms with Crippen molar-refractivity contribution >= 4 is 19.1 Å². The predicted molar refractivity (Wildman–Crippen MR) is 39.1 cm³/mol. The molecule has 0 atom stereocenters. The Bertz CT molecular complexity index is 264. The van der Waals surface area contributed by atoms with Gasteiger partial charge >= 0.3 is 5.82 Å². The van der Waals surface area contributed by atoms with Gasteiger partial charge in [-0.15, -0.1) is 0 Å². The van der Waals surface area contributed by atoms with Crippen molar-refractivity contribution in [1.29, 1.82) is 0 Å². The van der Waals surface area contributed by atoms with Crippen molar-refractivity contribution in [2.24, 2.45) is 0 Å². The number of hydrogen-bond donors (Lipinski definition) is 0. The molecule has 0 unspecified atom stereocenters. The number of aromatic nitrogens is 1. The fourth-order valence-electron chi connectivity index (χ4n) is 0.668. The summed E-state index contributed by atoms with van der Waals surface area (Å²) in [7, 11) is 1.66. The normalized spacial score (nSPS) is 9.20. The van der Waals surface area contributed by atoms with Gasteiger partial charge in [0.05, 0.1) is 0 Å². The van der Waals surface area contributed by atoms with E-state index >= 15 is 0 Å². The van der Waals surface area contributed by atoms with E-state index < -0.39 is 4.92 Å². The van der Waals surface area contributed by atoms with Gasteiger partial charge in [0.1, 0.15) is 6.20 Å². The molecule has 0 aliphatic heterocycles. The maximum Gasteiger partial charge on any atom is 0.356 e. The molecule has 4 nitrogen and oxygen atoms in total. The van der Waals surface area contributed by atoms with E-state index in [2.05, 4.69) is 4.98 Å². The van der Waals surface area contributed by atoms with Crippen LogP contribution in [-0.2, 0) is 0 Å². The molecule has 0 spiro atoms. The van der Waals surface area contributed by atoms with Crippen LogP contribution in [0.5, 0.6) is 0 Å². The lowest BCUT2D eigenvalue weighted by Gasteiger charge is -1.92. The number of rotatable bonds is 1. The van der Waals surface area contributed by atoms with Gasteiger partial charge in [-0.2, -0.15) is 0 Å². The highest BCUT2D eigenvalue weighted by Gasteiger charge is 2.07. The lowest BCUT2D eigenvalue weighted by Crippen LogP contribution is -2.10. The van der Waals surface area contributed by atoms with Crippen molar-refractivity contribution in [3.8, 4) is 0 Å². The molecule has 0 saturated carbocycles. The summed E-state index contributed by atoms with van der Waals surface area (Å²) in [5.74, 6) is -0.0671. The summed E-state index contributed by atoms with van der Waals surface area (Å²) in [5.41, 5.74) is 0.590. The van der Waals surface area contributed by atoms with Crippen LogP contribution in [0.4, 0.5) is 5.82 Å². The van der Waals surface area contributed by atoms with E-state index in [4.69, 9.17) is 0 Å². The molecule has 1 aromatic rings. The van der Waals surface area contributed by atoms with Crippen molar-refractivity contribution < 1.29 is 4.92 Å². The quantitative estimate of drug-likeness (QED) is 0.290. The summed E-state index contributed by atoms with van der Waals surface area (Å²) in [6, 6.07) is 3.33. The van der Waals surface area contributed by atoms with Gasteiger partial charge in [0, 0.05) is 5.46 Å². The molecule has 0 N–H and O–H groups in total. The molecule has 0 amide bonds. The van der Waals surface area contributed by atoms with Gasteiger partial charge in [0.2, 0.25) is 0 Å². The van der Waals surface area contributed by atoms with Crippen LogP contribution in [0.15, 0.2) is 18.3 Å². The Labute approximate surface area is 58.5 Å². The summed E-state index contributed by atoms with van der Waals surface area (Å²) < 4.78 is 0. The largest absolute Gasteiger partial charge is 0.358 e. The average molecular weight is 136 g/mol. The molecular formula is C5H5BN2O2. The Morgan fingerprint density at radius 3 is 2.80 bits per heavy atom. The van der Waals surface area contributed by atoms with Gasteiger partial charge < -0.3 is 10.1 Å². The molecule has 0 aromatic carbocycles. The molecule has 5 heteroatoms. The van der Waals surface area contributed by atoms with E-state index in [1.54, 1.807) is 20.0 Å². The first-order chi connectivity index (χ1) is 4.72. The molecule has 10 heavy (non-hydrogen) atoms. The van der Waals surface area contributed by atoms with E-state index in [0.29, 0.717) is 5.46 Å². The lowest BCUT2D eigenvalue weighted by molar-refractivity contribution is -0.388. The molecule has 1 aromatic heterocycles. The summed E-state index contributed by atoms with van der Waals surface area (Å²) in [5, 5.41) is 10.2. The van der Waals surface area contributed by atoms with E-state index in [9.17, 15) is 10.1 Å². The average Bonchev–Trinajstić information content (AvgIpc) is 1.88. The van der Waals surface area contributed by atoms with Gasteiger partial charge in [-0.1, -0.05) is 6.07 Å². The second-order valence-corrected chi connectivity index (χ2v) is 1.90. The molecule has 1 heterocycles. The van der Waals surface area contributed by atoms with Crippen molar-refractivity contribution in [1.82, 2.24) is 4.98 Å². The smallest absolute Gasteiger partial charge is 0.356 e. The molecule has 0 saturated heterocycles. The zero-order valence-corrected chi connectivity index (χ0v) is 5.44. The van der Waals surface area contributed by atoms with Crippen molar-refractivity contribution in [2.45, 2.75) is 0 Å². The maximum absolute atomic E-state index is 10.2. The van der Waals surface area contributed by atoms with Crippen LogP contribution in [-0.4, -0.2) is 17.8 Å². The van der Waals surface area contributed by atoms with Gasteiger partial charge in [-0.3, -0.25) is 0 Å². The number of nitrogens with zero attached hydrogens (tertiary/aromatic N) is 2. The molecule has 0 radical (unpaired) electrons. The standard InChI is InChI=1S/C5H5BN2O2/c6-4-2-1-3-7-5(4)8(9)10/h1-3H,6H2. The maximum atomic E-state index is 10.2. The number of pyridine rings is 1.